The van der Waals surface area contributed by atoms with Crippen molar-refractivity contribution in [2.75, 3.05) is 7.11 Å². The summed E-state index contributed by atoms with van der Waals surface area (Å²) in [4.78, 5) is 10.4. The van der Waals surface area contributed by atoms with Crippen LogP contribution in [0, 0.1) is 0 Å². The number of hydrogen-bond acceptors (Lipinski definition) is 2. The third-order valence-corrected chi connectivity index (χ3v) is 8.27. The Morgan fingerprint density at radius 1 is 0.913 bits per heavy atom. The van der Waals surface area contributed by atoms with Crippen LogP contribution in [0.5, 0.6) is 0 Å². The summed E-state index contributed by atoms with van der Waals surface area (Å²) in [5.74, 6) is -0.662. The van der Waals surface area contributed by atoms with E-state index in [0.29, 0.717) is 12.5 Å². The number of hydrogen-bond donors (Lipinski definition) is 1. The first-order chi connectivity index (χ1) is 11.1. The SMILES string of the molecule is CCCCCCCCC(OC)[CH]([Hg])CCCCCCCC(=O)O. The van der Waals surface area contributed by atoms with Crippen LogP contribution in [0.4, 0.5) is 0 Å². The molecule has 0 bridgehead atoms. The number of unbranched alkanes of at least 4 members (excludes halogenated alkanes) is 9. The normalized spacial score (nSPS) is 13.9. The number of carbonyl (C=O) groups is 1. The van der Waals surface area contributed by atoms with Crippen LogP contribution in [-0.2, 0) is 35.7 Å². The van der Waals surface area contributed by atoms with E-state index < -0.39 is 5.97 Å². The van der Waals surface area contributed by atoms with Gasteiger partial charge in [-0.05, 0) is 0 Å². The second-order valence-electron chi connectivity index (χ2n) is 6.79. The van der Waals surface area contributed by atoms with Crippen LogP contribution in [0.3, 0.4) is 0 Å². The number of aliphatic carboxylic acids is 1. The monoisotopic (exact) mass is 515 g/mol. The zero-order valence-electron chi connectivity index (χ0n) is 15.5. The molecule has 0 aliphatic carbocycles. The molecule has 0 aliphatic rings. The predicted molar refractivity (Wildman–Crippen MR) is 92.5 cm³/mol. The van der Waals surface area contributed by atoms with Gasteiger partial charge in [-0.15, -0.1) is 0 Å². The van der Waals surface area contributed by atoms with Crippen LogP contribution in [0.2, 0.25) is 3.43 Å². The van der Waals surface area contributed by atoms with E-state index in [1.807, 2.05) is 7.11 Å². The Kier molecular flexibility index (Phi) is 17.5. The first kappa shape index (κ1) is 23.4. The molecule has 0 radical (unpaired) electrons. The van der Waals surface area contributed by atoms with E-state index in [4.69, 9.17) is 9.84 Å². The number of carboxylic acids is 1. The third-order valence-electron chi connectivity index (χ3n) is 4.64. The predicted octanol–water partition coefficient (Wildman–Crippen LogP) is 5.90. The Morgan fingerprint density at radius 3 is 2.00 bits per heavy atom. The molecule has 4 heteroatoms. The van der Waals surface area contributed by atoms with Crippen molar-refractivity contribution in [2.45, 2.75) is 106 Å². The molecule has 23 heavy (non-hydrogen) atoms. The molecule has 2 unspecified atom stereocenters. The van der Waals surface area contributed by atoms with Crippen molar-refractivity contribution < 1.29 is 40.8 Å². The van der Waals surface area contributed by atoms with Crippen LogP contribution in [0.15, 0.2) is 0 Å². The summed E-state index contributed by atoms with van der Waals surface area (Å²) in [6, 6.07) is 0. The Bertz CT molecular complexity index is 271. The summed E-state index contributed by atoms with van der Waals surface area (Å²) in [6.45, 7) is 2.27. The fourth-order valence-corrected chi connectivity index (χ4v) is 5.86. The van der Waals surface area contributed by atoms with Gasteiger partial charge in [0.2, 0.25) is 0 Å². The van der Waals surface area contributed by atoms with E-state index in [1.165, 1.54) is 70.6 Å². The molecule has 0 fully saturated rings. The molecule has 3 nitrogen and oxygen atoms in total. The molecule has 0 aromatic rings. The van der Waals surface area contributed by atoms with Crippen molar-refractivity contribution >= 4 is 5.97 Å². The van der Waals surface area contributed by atoms with Crippen LogP contribution in [0.1, 0.15) is 96.8 Å². The average molecular weight is 514 g/mol. The standard InChI is InChI=1S/C19H37O3.Hg/c1-3-4-5-6-9-12-15-18(22-2)16-13-10-7-8-11-14-17-19(20)21;/h16,18H,3-15,17H2,1-2H3,(H,20,21);. The van der Waals surface area contributed by atoms with Crippen molar-refractivity contribution in [3.8, 4) is 0 Å². The molecule has 0 rings (SSSR count). The number of ether oxygens (including phenoxy) is 1. The summed E-state index contributed by atoms with van der Waals surface area (Å²) >= 11 is 0.778. The van der Waals surface area contributed by atoms with E-state index in [9.17, 15) is 4.79 Å². The van der Waals surface area contributed by atoms with E-state index in [1.54, 1.807) is 0 Å². The fourth-order valence-electron chi connectivity index (χ4n) is 3.07. The molecule has 0 heterocycles. The summed E-state index contributed by atoms with van der Waals surface area (Å²) in [6.07, 6.45) is 17.2. The van der Waals surface area contributed by atoms with Gasteiger partial charge < -0.3 is 0 Å². The zero-order chi connectivity index (χ0) is 17.3. The molecule has 133 valence electrons. The zero-order valence-corrected chi connectivity index (χ0v) is 21.0. The van der Waals surface area contributed by atoms with Gasteiger partial charge in [0.15, 0.2) is 0 Å². The van der Waals surface area contributed by atoms with Crippen LogP contribution < -0.4 is 0 Å². The maximum absolute atomic E-state index is 10.4. The Hall–Kier alpha value is 0.365. The molecule has 0 amide bonds. The van der Waals surface area contributed by atoms with Crippen LogP contribution in [-0.4, -0.2) is 24.3 Å². The van der Waals surface area contributed by atoms with Crippen molar-refractivity contribution in [2.24, 2.45) is 0 Å². The summed E-state index contributed by atoms with van der Waals surface area (Å²) < 4.78 is 6.57. The number of methoxy groups -OCH3 is 1. The molecule has 0 saturated carbocycles. The second kappa shape index (κ2) is 17.2. The van der Waals surface area contributed by atoms with E-state index in [0.717, 1.165) is 42.4 Å². The summed E-state index contributed by atoms with van der Waals surface area (Å²) in [7, 11) is 1.88. The Labute approximate surface area is 159 Å². The van der Waals surface area contributed by atoms with Crippen LogP contribution in [0.25, 0.3) is 0 Å². The van der Waals surface area contributed by atoms with E-state index >= 15 is 0 Å². The van der Waals surface area contributed by atoms with Gasteiger partial charge in [-0.25, -0.2) is 0 Å². The summed E-state index contributed by atoms with van der Waals surface area (Å²) in [5.41, 5.74) is 0. The maximum atomic E-state index is 10.4. The van der Waals surface area contributed by atoms with Gasteiger partial charge in [0.25, 0.3) is 0 Å². The topological polar surface area (TPSA) is 46.5 Å². The number of rotatable bonds is 17. The minimum atomic E-state index is -0.662. The van der Waals surface area contributed by atoms with Crippen molar-refractivity contribution in [1.29, 1.82) is 0 Å². The molecule has 0 spiro atoms. The molecule has 0 aromatic heterocycles. The molecule has 1 N–H and O–H groups in total. The molecular formula is C19H37HgO3. The Morgan fingerprint density at radius 2 is 1.43 bits per heavy atom. The van der Waals surface area contributed by atoms with Gasteiger partial charge in [-0.3, -0.25) is 0 Å². The molecule has 2 atom stereocenters. The second-order valence-corrected chi connectivity index (χ2v) is 10.9. The summed E-state index contributed by atoms with van der Waals surface area (Å²) in [5, 5.41) is 8.60. The van der Waals surface area contributed by atoms with Crippen molar-refractivity contribution in [1.82, 2.24) is 0 Å². The fraction of sp³-hybridized carbons (Fsp3) is 0.947. The molecule has 0 aromatic carbocycles. The first-order valence-corrected chi connectivity index (χ1v) is 12.9. The van der Waals surface area contributed by atoms with E-state index in [2.05, 4.69) is 6.92 Å². The van der Waals surface area contributed by atoms with Gasteiger partial charge in [-0.2, -0.15) is 0 Å². The van der Waals surface area contributed by atoms with Gasteiger partial charge in [-0.1, -0.05) is 0 Å². The number of carboxylic acid groups (broad SMARTS) is 1. The first-order valence-electron chi connectivity index (χ1n) is 9.69. The quantitative estimate of drug-likeness (QED) is 0.194. The van der Waals surface area contributed by atoms with Crippen LogP contribution >= 0.6 is 0 Å². The molecule has 0 saturated heterocycles. The van der Waals surface area contributed by atoms with Gasteiger partial charge >= 0.3 is 160 Å². The van der Waals surface area contributed by atoms with E-state index in [-0.39, 0.29) is 0 Å². The minimum absolute atomic E-state index is 0.329. The van der Waals surface area contributed by atoms with Gasteiger partial charge in [0.05, 0.1) is 0 Å². The van der Waals surface area contributed by atoms with Gasteiger partial charge in [0.1, 0.15) is 0 Å². The van der Waals surface area contributed by atoms with Crippen molar-refractivity contribution in [3.63, 3.8) is 0 Å². The Balaban J connectivity index is 3.56. The average Bonchev–Trinajstić information content (AvgIpc) is 2.53. The van der Waals surface area contributed by atoms with Gasteiger partial charge in [0, 0.05) is 0 Å². The molecular weight excluding hydrogens is 477 g/mol. The van der Waals surface area contributed by atoms with Crippen molar-refractivity contribution in [3.05, 3.63) is 0 Å². The molecule has 0 aliphatic heterocycles. The third kappa shape index (κ3) is 15.6.